The normalized spacial score (nSPS) is 12.7. The molecule has 1 aromatic heterocycles. The second-order valence-corrected chi connectivity index (χ2v) is 5.59. The van der Waals surface area contributed by atoms with Crippen LogP contribution in [0.4, 0.5) is 0 Å². The summed E-state index contributed by atoms with van der Waals surface area (Å²) in [5.74, 6) is 0. The number of benzene rings is 2. The molecule has 0 aliphatic heterocycles. The van der Waals surface area contributed by atoms with Crippen molar-refractivity contribution in [2.45, 2.75) is 25.3 Å². The quantitative estimate of drug-likeness (QED) is 0.780. The van der Waals surface area contributed by atoms with Crippen LogP contribution in [0.15, 0.2) is 54.7 Å². The molecule has 0 amide bonds. The van der Waals surface area contributed by atoms with E-state index in [4.69, 9.17) is 5.73 Å². The summed E-state index contributed by atoms with van der Waals surface area (Å²) >= 11 is 0. The van der Waals surface area contributed by atoms with Crippen LogP contribution >= 0.6 is 0 Å². The number of aromatic nitrogens is 2. The van der Waals surface area contributed by atoms with Gasteiger partial charge >= 0.3 is 0 Å². The molecule has 3 nitrogen and oxygen atoms in total. The molecule has 1 unspecified atom stereocenters. The fraction of sp³-hybridized carbons (Fsp3) is 0.278. The van der Waals surface area contributed by atoms with Gasteiger partial charge in [-0.25, -0.2) is 0 Å². The summed E-state index contributed by atoms with van der Waals surface area (Å²) in [5, 5.41) is 6.80. The van der Waals surface area contributed by atoms with Crippen molar-refractivity contribution in [2.24, 2.45) is 12.8 Å². The molecular weight excluding hydrogens is 258 g/mol. The zero-order valence-electron chi connectivity index (χ0n) is 12.4. The van der Waals surface area contributed by atoms with E-state index < -0.39 is 0 Å². The summed E-state index contributed by atoms with van der Waals surface area (Å²) in [6.07, 6.45) is 4.70. The Morgan fingerprint density at radius 3 is 2.71 bits per heavy atom. The molecule has 0 aliphatic rings. The van der Waals surface area contributed by atoms with Gasteiger partial charge in [-0.1, -0.05) is 42.5 Å². The Morgan fingerprint density at radius 2 is 1.90 bits per heavy atom. The van der Waals surface area contributed by atoms with Crippen LogP contribution in [-0.4, -0.2) is 15.8 Å². The first-order chi connectivity index (χ1) is 10.2. The van der Waals surface area contributed by atoms with Crippen molar-refractivity contribution in [3.05, 3.63) is 66.0 Å². The number of hydrogen-bond acceptors (Lipinski definition) is 2. The van der Waals surface area contributed by atoms with Gasteiger partial charge in [0.1, 0.15) is 0 Å². The Bertz CT molecular complexity index is 725. The summed E-state index contributed by atoms with van der Waals surface area (Å²) < 4.78 is 1.92. The van der Waals surface area contributed by atoms with E-state index in [1.54, 1.807) is 0 Å². The smallest absolute Gasteiger partial charge is 0.0492 e. The molecule has 0 radical (unpaired) electrons. The van der Waals surface area contributed by atoms with Gasteiger partial charge in [-0.15, -0.1) is 0 Å². The molecule has 0 aliphatic carbocycles. The topological polar surface area (TPSA) is 43.8 Å². The van der Waals surface area contributed by atoms with Crippen LogP contribution in [0, 0.1) is 0 Å². The molecule has 0 saturated carbocycles. The molecule has 3 aromatic rings. The summed E-state index contributed by atoms with van der Waals surface area (Å²) in [7, 11) is 1.98. The molecule has 3 rings (SSSR count). The molecule has 3 heteroatoms. The third-order valence-corrected chi connectivity index (χ3v) is 4.06. The number of nitrogens with zero attached hydrogens (tertiary/aromatic N) is 2. The maximum atomic E-state index is 6.33. The van der Waals surface area contributed by atoms with Crippen molar-refractivity contribution in [1.82, 2.24) is 9.78 Å². The van der Waals surface area contributed by atoms with E-state index in [0.29, 0.717) is 0 Å². The van der Waals surface area contributed by atoms with Gasteiger partial charge in [-0.3, -0.25) is 4.68 Å². The molecule has 1 atom stereocenters. The van der Waals surface area contributed by atoms with E-state index in [1.807, 2.05) is 17.9 Å². The lowest BCUT2D eigenvalue weighted by molar-refractivity contribution is 0.588. The van der Waals surface area contributed by atoms with Crippen LogP contribution in [0.5, 0.6) is 0 Å². The van der Waals surface area contributed by atoms with Crippen LogP contribution in [0.25, 0.3) is 10.8 Å². The molecule has 0 spiro atoms. The van der Waals surface area contributed by atoms with Gasteiger partial charge in [0, 0.05) is 25.0 Å². The molecule has 0 bridgehead atoms. The van der Waals surface area contributed by atoms with Crippen LogP contribution in [-0.2, 0) is 19.9 Å². The maximum absolute atomic E-state index is 6.33. The minimum atomic E-state index is 0.172. The van der Waals surface area contributed by atoms with E-state index in [-0.39, 0.29) is 6.04 Å². The predicted molar refractivity (Wildman–Crippen MR) is 87.2 cm³/mol. The highest BCUT2D eigenvalue weighted by atomic mass is 15.2. The van der Waals surface area contributed by atoms with Crippen molar-refractivity contribution < 1.29 is 0 Å². The molecule has 0 saturated heterocycles. The Kier molecular flexibility index (Phi) is 4.02. The SMILES string of the molecule is Cn1nccc1CCC(N)Cc1cccc2ccccc12. The molecule has 0 fully saturated rings. The molecule has 2 aromatic carbocycles. The van der Waals surface area contributed by atoms with Gasteiger partial charge in [0.15, 0.2) is 0 Å². The second-order valence-electron chi connectivity index (χ2n) is 5.59. The summed E-state index contributed by atoms with van der Waals surface area (Å²) in [6.45, 7) is 0. The van der Waals surface area contributed by atoms with E-state index >= 15 is 0 Å². The average molecular weight is 279 g/mol. The molecule has 1 heterocycles. The summed E-state index contributed by atoms with van der Waals surface area (Å²) in [4.78, 5) is 0. The van der Waals surface area contributed by atoms with Crippen LogP contribution in [0.1, 0.15) is 17.7 Å². The largest absolute Gasteiger partial charge is 0.327 e. The zero-order chi connectivity index (χ0) is 14.7. The first-order valence-electron chi connectivity index (χ1n) is 7.43. The predicted octanol–water partition coefficient (Wildman–Crippen LogP) is 3.08. The molecule has 2 N–H and O–H groups in total. The van der Waals surface area contributed by atoms with E-state index in [1.165, 1.54) is 22.0 Å². The monoisotopic (exact) mass is 279 g/mol. The fourth-order valence-electron chi connectivity index (χ4n) is 2.83. The van der Waals surface area contributed by atoms with Gasteiger partial charge in [-0.2, -0.15) is 5.10 Å². The number of fused-ring (bicyclic) bond motifs is 1. The first kappa shape index (κ1) is 13.8. The third kappa shape index (κ3) is 3.14. The molecular formula is C18H21N3. The number of nitrogens with two attached hydrogens (primary N) is 1. The van der Waals surface area contributed by atoms with E-state index in [0.717, 1.165) is 19.3 Å². The zero-order valence-corrected chi connectivity index (χ0v) is 12.4. The minimum Gasteiger partial charge on any atom is -0.327 e. The van der Waals surface area contributed by atoms with Gasteiger partial charge < -0.3 is 5.73 Å². The average Bonchev–Trinajstić information content (AvgIpc) is 2.91. The van der Waals surface area contributed by atoms with Crippen LogP contribution < -0.4 is 5.73 Å². The summed E-state index contributed by atoms with van der Waals surface area (Å²) in [5.41, 5.74) is 8.91. The molecule has 21 heavy (non-hydrogen) atoms. The minimum absolute atomic E-state index is 0.172. The standard InChI is InChI=1S/C18H21N3/c1-21-17(11-12-20-21)10-9-16(19)13-15-7-4-6-14-5-2-3-8-18(14)15/h2-8,11-12,16H,9-10,13,19H2,1H3. The summed E-state index contributed by atoms with van der Waals surface area (Å²) in [6, 6.07) is 17.2. The Hall–Kier alpha value is -2.13. The Labute approximate surface area is 125 Å². The van der Waals surface area contributed by atoms with Crippen LogP contribution in [0.3, 0.4) is 0 Å². The van der Waals surface area contributed by atoms with Gasteiger partial charge in [0.05, 0.1) is 0 Å². The number of aryl methyl sites for hydroxylation is 2. The lowest BCUT2D eigenvalue weighted by atomic mass is 9.97. The Balaban J connectivity index is 1.69. The van der Waals surface area contributed by atoms with Crippen molar-refractivity contribution in [2.75, 3.05) is 0 Å². The van der Waals surface area contributed by atoms with Crippen LogP contribution in [0.2, 0.25) is 0 Å². The lowest BCUT2D eigenvalue weighted by Crippen LogP contribution is -2.24. The number of hydrogen-bond donors (Lipinski definition) is 1. The molecule has 108 valence electrons. The van der Waals surface area contributed by atoms with Gasteiger partial charge in [0.25, 0.3) is 0 Å². The fourth-order valence-corrected chi connectivity index (χ4v) is 2.83. The maximum Gasteiger partial charge on any atom is 0.0492 e. The third-order valence-electron chi connectivity index (χ3n) is 4.06. The second kappa shape index (κ2) is 6.10. The number of rotatable bonds is 5. The van der Waals surface area contributed by atoms with Crippen molar-refractivity contribution in [3.8, 4) is 0 Å². The Morgan fingerprint density at radius 1 is 1.10 bits per heavy atom. The van der Waals surface area contributed by atoms with Crippen molar-refractivity contribution in [1.29, 1.82) is 0 Å². The lowest BCUT2D eigenvalue weighted by Gasteiger charge is -2.13. The van der Waals surface area contributed by atoms with E-state index in [2.05, 4.69) is 53.6 Å². The van der Waals surface area contributed by atoms with E-state index in [9.17, 15) is 0 Å². The van der Waals surface area contributed by atoms with Crippen molar-refractivity contribution in [3.63, 3.8) is 0 Å². The van der Waals surface area contributed by atoms with Crippen molar-refractivity contribution >= 4 is 10.8 Å². The first-order valence-corrected chi connectivity index (χ1v) is 7.43. The highest BCUT2D eigenvalue weighted by Crippen LogP contribution is 2.20. The van der Waals surface area contributed by atoms with Gasteiger partial charge in [-0.05, 0) is 41.7 Å². The highest BCUT2D eigenvalue weighted by molar-refractivity contribution is 5.85. The van der Waals surface area contributed by atoms with Gasteiger partial charge in [0.2, 0.25) is 0 Å². The highest BCUT2D eigenvalue weighted by Gasteiger charge is 2.08.